The van der Waals surface area contributed by atoms with Gasteiger partial charge in [-0.15, -0.1) is 12.4 Å². The van der Waals surface area contributed by atoms with E-state index in [-0.39, 0.29) is 25.0 Å². The van der Waals surface area contributed by atoms with Crippen molar-refractivity contribution in [2.24, 2.45) is 0 Å². The van der Waals surface area contributed by atoms with Crippen LogP contribution in [0.15, 0.2) is 24.3 Å². The standard InChI is InChI=1S/C10H13NO3.ClH/c1-2-13-10(12)7-14-9-5-3-4-8(11)6-9;/h3-6H,2,7,11H2,1H3;1H. The number of anilines is 1. The number of nitrogens with two attached hydrogens (primary N) is 1. The molecule has 0 unspecified atom stereocenters. The molecule has 1 rings (SSSR count). The van der Waals surface area contributed by atoms with Gasteiger partial charge in [0.2, 0.25) is 0 Å². The number of hydrogen-bond acceptors (Lipinski definition) is 4. The second-order valence-electron chi connectivity index (χ2n) is 2.67. The topological polar surface area (TPSA) is 61.5 Å². The summed E-state index contributed by atoms with van der Waals surface area (Å²) in [5.74, 6) is 0.188. The zero-order valence-electron chi connectivity index (χ0n) is 8.43. The lowest BCUT2D eigenvalue weighted by Crippen LogP contribution is -2.14. The predicted molar refractivity (Wildman–Crippen MR) is 60.2 cm³/mol. The average Bonchev–Trinajstić information content (AvgIpc) is 2.15. The van der Waals surface area contributed by atoms with Crippen LogP contribution in [-0.2, 0) is 9.53 Å². The van der Waals surface area contributed by atoms with Crippen molar-refractivity contribution in [1.82, 2.24) is 0 Å². The summed E-state index contributed by atoms with van der Waals surface area (Å²) in [6.07, 6.45) is 0. The lowest BCUT2D eigenvalue weighted by Gasteiger charge is -2.05. The summed E-state index contributed by atoms with van der Waals surface area (Å²) in [7, 11) is 0. The van der Waals surface area contributed by atoms with Gasteiger partial charge >= 0.3 is 5.97 Å². The van der Waals surface area contributed by atoms with E-state index in [1.165, 1.54) is 0 Å². The van der Waals surface area contributed by atoms with Crippen molar-refractivity contribution in [2.75, 3.05) is 18.9 Å². The van der Waals surface area contributed by atoms with E-state index in [1.807, 2.05) is 0 Å². The minimum absolute atomic E-state index is 0. The van der Waals surface area contributed by atoms with Crippen LogP contribution in [0.1, 0.15) is 6.92 Å². The number of halogens is 1. The van der Waals surface area contributed by atoms with Crippen LogP contribution in [0, 0.1) is 0 Å². The maximum atomic E-state index is 10.9. The number of rotatable bonds is 4. The molecule has 0 saturated heterocycles. The monoisotopic (exact) mass is 231 g/mol. The van der Waals surface area contributed by atoms with Gasteiger partial charge in [-0.1, -0.05) is 6.07 Å². The summed E-state index contributed by atoms with van der Waals surface area (Å²) in [6.45, 7) is 2.02. The van der Waals surface area contributed by atoms with Crippen molar-refractivity contribution in [1.29, 1.82) is 0 Å². The quantitative estimate of drug-likeness (QED) is 0.632. The molecule has 15 heavy (non-hydrogen) atoms. The van der Waals surface area contributed by atoms with Gasteiger partial charge in [-0.05, 0) is 19.1 Å². The normalized spacial score (nSPS) is 8.87. The summed E-state index contributed by atoms with van der Waals surface area (Å²) in [5, 5.41) is 0. The van der Waals surface area contributed by atoms with E-state index in [4.69, 9.17) is 15.2 Å². The van der Waals surface area contributed by atoms with Gasteiger partial charge in [0.15, 0.2) is 6.61 Å². The molecule has 84 valence electrons. The molecule has 0 radical (unpaired) electrons. The Kier molecular flexibility index (Phi) is 6.29. The van der Waals surface area contributed by atoms with E-state index in [2.05, 4.69) is 0 Å². The minimum atomic E-state index is -0.380. The van der Waals surface area contributed by atoms with Gasteiger partial charge in [0.25, 0.3) is 0 Å². The highest BCUT2D eigenvalue weighted by atomic mass is 35.5. The fourth-order valence-electron chi connectivity index (χ4n) is 0.949. The van der Waals surface area contributed by atoms with Crippen molar-refractivity contribution in [2.45, 2.75) is 6.92 Å². The molecule has 0 aromatic heterocycles. The van der Waals surface area contributed by atoms with Gasteiger partial charge in [0, 0.05) is 11.8 Å². The number of esters is 1. The molecule has 0 atom stereocenters. The van der Waals surface area contributed by atoms with Crippen molar-refractivity contribution in [3.05, 3.63) is 24.3 Å². The van der Waals surface area contributed by atoms with Gasteiger partial charge in [-0.25, -0.2) is 4.79 Å². The highest BCUT2D eigenvalue weighted by Crippen LogP contribution is 2.14. The predicted octanol–water partition coefficient (Wildman–Crippen LogP) is 1.63. The average molecular weight is 232 g/mol. The summed E-state index contributed by atoms with van der Waals surface area (Å²) < 4.78 is 9.85. The molecule has 2 N–H and O–H groups in total. The van der Waals surface area contributed by atoms with E-state index >= 15 is 0 Å². The number of nitrogen functional groups attached to an aromatic ring is 1. The largest absolute Gasteiger partial charge is 0.482 e. The summed E-state index contributed by atoms with van der Waals surface area (Å²) in [4.78, 5) is 10.9. The van der Waals surface area contributed by atoms with E-state index in [1.54, 1.807) is 31.2 Å². The Hall–Kier alpha value is -1.42. The molecule has 4 nitrogen and oxygen atoms in total. The summed E-state index contributed by atoms with van der Waals surface area (Å²) in [5.41, 5.74) is 6.13. The molecule has 0 saturated carbocycles. The van der Waals surface area contributed by atoms with Crippen molar-refractivity contribution in [3.63, 3.8) is 0 Å². The molecule has 1 aromatic carbocycles. The smallest absolute Gasteiger partial charge is 0.344 e. The fraction of sp³-hybridized carbons (Fsp3) is 0.300. The number of ether oxygens (including phenoxy) is 2. The molecule has 0 aliphatic rings. The third-order valence-corrected chi connectivity index (χ3v) is 1.52. The second kappa shape index (κ2) is 6.95. The lowest BCUT2D eigenvalue weighted by molar-refractivity contribution is -0.145. The molecular weight excluding hydrogens is 218 g/mol. The Balaban J connectivity index is 0.00000196. The molecule has 0 spiro atoms. The van der Waals surface area contributed by atoms with Crippen molar-refractivity contribution in [3.8, 4) is 5.75 Å². The fourth-order valence-corrected chi connectivity index (χ4v) is 0.949. The van der Waals surface area contributed by atoms with Crippen LogP contribution in [-0.4, -0.2) is 19.2 Å². The van der Waals surface area contributed by atoms with Crippen LogP contribution < -0.4 is 10.5 Å². The molecular formula is C10H14ClNO3. The van der Waals surface area contributed by atoms with Crippen LogP contribution in [0.4, 0.5) is 5.69 Å². The van der Waals surface area contributed by atoms with E-state index < -0.39 is 0 Å². The first kappa shape index (κ1) is 13.6. The Bertz CT molecular complexity index is 317. The van der Waals surface area contributed by atoms with Gasteiger partial charge in [0.1, 0.15) is 5.75 Å². The molecule has 5 heteroatoms. The van der Waals surface area contributed by atoms with E-state index in [0.29, 0.717) is 18.0 Å². The lowest BCUT2D eigenvalue weighted by atomic mass is 10.3. The maximum absolute atomic E-state index is 10.9. The zero-order chi connectivity index (χ0) is 10.4. The number of carbonyl (C=O) groups excluding carboxylic acids is 1. The summed E-state index contributed by atoms with van der Waals surface area (Å²) in [6, 6.07) is 6.89. The van der Waals surface area contributed by atoms with Crippen LogP contribution in [0.5, 0.6) is 5.75 Å². The SMILES string of the molecule is CCOC(=O)COc1cccc(N)c1.Cl. The van der Waals surface area contributed by atoms with E-state index in [0.717, 1.165) is 0 Å². The van der Waals surface area contributed by atoms with Crippen LogP contribution in [0.2, 0.25) is 0 Å². The summed E-state index contributed by atoms with van der Waals surface area (Å²) >= 11 is 0. The third kappa shape index (κ3) is 5.12. The number of benzene rings is 1. The molecule has 0 amide bonds. The first-order chi connectivity index (χ1) is 6.72. The Labute approximate surface area is 94.8 Å². The molecule has 0 aliphatic carbocycles. The molecule has 0 fully saturated rings. The number of carbonyl (C=O) groups is 1. The Morgan fingerprint density at radius 3 is 2.80 bits per heavy atom. The van der Waals surface area contributed by atoms with Crippen molar-refractivity contribution >= 4 is 24.1 Å². The highest BCUT2D eigenvalue weighted by Gasteiger charge is 2.02. The highest BCUT2D eigenvalue weighted by molar-refractivity contribution is 5.85. The van der Waals surface area contributed by atoms with Crippen LogP contribution in [0.3, 0.4) is 0 Å². The van der Waals surface area contributed by atoms with Gasteiger partial charge in [-0.2, -0.15) is 0 Å². The molecule has 1 aromatic rings. The van der Waals surface area contributed by atoms with Gasteiger partial charge in [-0.3, -0.25) is 0 Å². The zero-order valence-corrected chi connectivity index (χ0v) is 9.25. The number of hydrogen-bond donors (Lipinski definition) is 1. The maximum Gasteiger partial charge on any atom is 0.344 e. The Morgan fingerprint density at radius 1 is 1.47 bits per heavy atom. The molecule has 0 bridgehead atoms. The van der Waals surface area contributed by atoms with E-state index in [9.17, 15) is 4.79 Å². The second-order valence-corrected chi connectivity index (χ2v) is 2.67. The molecule has 0 aliphatic heterocycles. The third-order valence-electron chi connectivity index (χ3n) is 1.52. The van der Waals surface area contributed by atoms with Crippen LogP contribution >= 0.6 is 12.4 Å². The Morgan fingerprint density at radius 2 is 2.20 bits per heavy atom. The van der Waals surface area contributed by atoms with Crippen molar-refractivity contribution < 1.29 is 14.3 Å². The first-order valence-corrected chi connectivity index (χ1v) is 4.36. The first-order valence-electron chi connectivity index (χ1n) is 4.36. The molecule has 0 heterocycles. The van der Waals surface area contributed by atoms with Crippen LogP contribution in [0.25, 0.3) is 0 Å². The minimum Gasteiger partial charge on any atom is -0.482 e. The van der Waals surface area contributed by atoms with Gasteiger partial charge < -0.3 is 15.2 Å². The van der Waals surface area contributed by atoms with Gasteiger partial charge in [0.05, 0.1) is 6.61 Å².